The Bertz CT molecular complexity index is 689. The largest absolute Gasteiger partial charge is 0.357 e. The third-order valence-corrected chi connectivity index (χ3v) is 3.76. The number of pyridine rings is 1. The van der Waals surface area contributed by atoms with Crippen molar-refractivity contribution in [2.75, 3.05) is 13.1 Å². The van der Waals surface area contributed by atoms with E-state index in [0.29, 0.717) is 24.2 Å². The van der Waals surface area contributed by atoms with Crippen molar-refractivity contribution in [1.29, 1.82) is 0 Å². The Balaban J connectivity index is 1.90. The van der Waals surface area contributed by atoms with E-state index in [-0.39, 0.29) is 5.02 Å². The smallest absolute Gasteiger partial charge is 0.191 e. The standard InChI is InChI=1S/C17H19Cl2FN4/c1-2-21-17(22-8-7-12-4-6-16(19)23-10-12)24-11-13-3-5-15(20)14(18)9-13/h3-6,9-10H,2,7-8,11H2,1H3,(H2,21,22,24). The van der Waals surface area contributed by atoms with Gasteiger partial charge in [-0.15, -0.1) is 0 Å². The third-order valence-electron chi connectivity index (χ3n) is 3.24. The molecular weight excluding hydrogens is 350 g/mol. The van der Waals surface area contributed by atoms with Crippen molar-refractivity contribution in [3.8, 4) is 0 Å². The summed E-state index contributed by atoms with van der Waals surface area (Å²) in [7, 11) is 0. The quantitative estimate of drug-likeness (QED) is 0.462. The van der Waals surface area contributed by atoms with Gasteiger partial charge in [-0.3, -0.25) is 0 Å². The second kappa shape index (κ2) is 9.45. The summed E-state index contributed by atoms with van der Waals surface area (Å²) in [6, 6.07) is 8.33. The van der Waals surface area contributed by atoms with Crippen LogP contribution in [0.25, 0.3) is 0 Å². The molecule has 2 aromatic rings. The van der Waals surface area contributed by atoms with Gasteiger partial charge >= 0.3 is 0 Å². The molecule has 0 bridgehead atoms. The zero-order chi connectivity index (χ0) is 17.4. The Morgan fingerprint density at radius 2 is 1.96 bits per heavy atom. The molecule has 2 N–H and O–H groups in total. The molecule has 128 valence electrons. The minimum atomic E-state index is -0.425. The molecule has 0 aliphatic rings. The van der Waals surface area contributed by atoms with Gasteiger partial charge in [0.05, 0.1) is 11.6 Å². The van der Waals surface area contributed by atoms with Gasteiger partial charge in [-0.1, -0.05) is 35.3 Å². The van der Waals surface area contributed by atoms with E-state index < -0.39 is 5.82 Å². The summed E-state index contributed by atoms with van der Waals surface area (Å²) in [4.78, 5) is 8.53. The van der Waals surface area contributed by atoms with E-state index in [4.69, 9.17) is 23.2 Å². The lowest BCUT2D eigenvalue weighted by molar-refractivity contribution is 0.627. The van der Waals surface area contributed by atoms with Gasteiger partial charge in [0.2, 0.25) is 0 Å². The van der Waals surface area contributed by atoms with Crippen molar-refractivity contribution in [2.24, 2.45) is 4.99 Å². The predicted molar refractivity (Wildman–Crippen MR) is 97.2 cm³/mol. The molecule has 0 amide bonds. The van der Waals surface area contributed by atoms with E-state index in [1.807, 2.05) is 13.0 Å². The van der Waals surface area contributed by atoms with Gasteiger partial charge in [-0.25, -0.2) is 14.4 Å². The number of nitrogens with one attached hydrogen (secondary N) is 2. The van der Waals surface area contributed by atoms with Gasteiger partial charge in [0.25, 0.3) is 0 Å². The van der Waals surface area contributed by atoms with E-state index in [1.165, 1.54) is 6.07 Å². The van der Waals surface area contributed by atoms with Gasteiger partial charge in [0.1, 0.15) is 11.0 Å². The molecule has 4 nitrogen and oxygen atoms in total. The first-order valence-electron chi connectivity index (χ1n) is 7.65. The van der Waals surface area contributed by atoms with Crippen LogP contribution in [0.3, 0.4) is 0 Å². The van der Waals surface area contributed by atoms with Crippen LogP contribution in [-0.4, -0.2) is 24.0 Å². The summed E-state index contributed by atoms with van der Waals surface area (Å²) < 4.78 is 13.2. The Labute approximate surface area is 151 Å². The van der Waals surface area contributed by atoms with E-state index >= 15 is 0 Å². The van der Waals surface area contributed by atoms with E-state index in [1.54, 1.807) is 24.4 Å². The summed E-state index contributed by atoms with van der Waals surface area (Å²) in [5, 5.41) is 7.01. The molecule has 0 aliphatic carbocycles. The van der Waals surface area contributed by atoms with Crippen LogP contribution in [0.1, 0.15) is 18.1 Å². The predicted octanol–water partition coefficient (Wildman–Crippen LogP) is 3.83. The van der Waals surface area contributed by atoms with Crippen LogP contribution in [0.2, 0.25) is 10.2 Å². The first-order chi connectivity index (χ1) is 11.6. The Morgan fingerprint density at radius 1 is 1.17 bits per heavy atom. The lowest BCUT2D eigenvalue weighted by Gasteiger charge is -2.11. The molecule has 0 fully saturated rings. The molecule has 0 aliphatic heterocycles. The Hall–Kier alpha value is -1.85. The minimum absolute atomic E-state index is 0.107. The molecule has 0 spiro atoms. The van der Waals surface area contributed by atoms with Gasteiger partial charge in [-0.05, 0) is 42.7 Å². The highest BCUT2D eigenvalue weighted by Crippen LogP contribution is 2.16. The van der Waals surface area contributed by atoms with Crippen LogP contribution in [0, 0.1) is 5.82 Å². The molecule has 7 heteroatoms. The molecule has 0 saturated heterocycles. The lowest BCUT2D eigenvalue weighted by Crippen LogP contribution is -2.38. The molecule has 0 saturated carbocycles. The van der Waals surface area contributed by atoms with E-state index in [0.717, 1.165) is 24.1 Å². The van der Waals surface area contributed by atoms with Crippen molar-refractivity contribution < 1.29 is 4.39 Å². The molecule has 0 atom stereocenters. The topological polar surface area (TPSA) is 49.3 Å². The normalized spacial score (nSPS) is 11.4. The van der Waals surface area contributed by atoms with E-state index in [9.17, 15) is 4.39 Å². The Morgan fingerprint density at radius 3 is 2.62 bits per heavy atom. The molecule has 0 radical (unpaired) electrons. The number of rotatable bonds is 6. The molecule has 1 aromatic heterocycles. The molecule has 24 heavy (non-hydrogen) atoms. The number of aromatic nitrogens is 1. The molecule has 0 unspecified atom stereocenters. The van der Waals surface area contributed by atoms with Crippen LogP contribution in [0.5, 0.6) is 0 Å². The highest BCUT2D eigenvalue weighted by Gasteiger charge is 2.02. The fourth-order valence-electron chi connectivity index (χ4n) is 2.03. The molecule has 1 heterocycles. The summed E-state index contributed by atoms with van der Waals surface area (Å²) in [6.45, 7) is 3.87. The minimum Gasteiger partial charge on any atom is -0.357 e. The van der Waals surface area contributed by atoms with Crippen LogP contribution in [0.4, 0.5) is 4.39 Å². The highest BCUT2D eigenvalue weighted by atomic mass is 35.5. The maximum Gasteiger partial charge on any atom is 0.191 e. The van der Waals surface area contributed by atoms with Crippen LogP contribution >= 0.6 is 23.2 Å². The highest BCUT2D eigenvalue weighted by molar-refractivity contribution is 6.30. The number of guanidine groups is 1. The van der Waals surface area contributed by atoms with Crippen molar-refractivity contribution in [3.05, 3.63) is 63.6 Å². The number of aliphatic imine (C=N–C) groups is 1. The van der Waals surface area contributed by atoms with Crippen molar-refractivity contribution in [1.82, 2.24) is 15.6 Å². The lowest BCUT2D eigenvalue weighted by atomic mass is 10.2. The second-order valence-electron chi connectivity index (χ2n) is 5.11. The molecule has 2 rings (SSSR count). The van der Waals surface area contributed by atoms with Gasteiger partial charge in [-0.2, -0.15) is 0 Å². The fourth-order valence-corrected chi connectivity index (χ4v) is 2.34. The SMILES string of the molecule is CCNC(=NCc1ccc(F)c(Cl)c1)NCCc1ccc(Cl)nc1. The first kappa shape index (κ1) is 18.5. The number of halogens is 3. The van der Waals surface area contributed by atoms with Crippen molar-refractivity contribution in [3.63, 3.8) is 0 Å². The summed E-state index contributed by atoms with van der Waals surface area (Å²) in [5.41, 5.74) is 1.94. The number of nitrogens with zero attached hydrogens (tertiary/aromatic N) is 2. The van der Waals surface area contributed by atoms with Crippen molar-refractivity contribution in [2.45, 2.75) is 19.9 Å². The number of benzene rings is 1. The van der Waals surface area contributed by atoms with Gasteiger partial charge in [0, 0.05) is 19.3 Å². The summed E-state index contributed by atoms with van der Waals surface area (Å²) in [5.74, 6) is 0.269. The van der Waals surface area contributed by atoms with Gasteiger partial charge < -0.3 is 10.6 Å². The second-order valence-corrected chi connectivity index (χ2v) is 5.90. The maximum absolute atomic E-state index is 13.2. The van der Waals surface area contributed by atoms with Crippen molar-refractivity contribution >= 4 is 29.2 Å². The van der Waals surface area contributed by atoms with E-state index in [2.05, 4.69) is 20.6 Å². The monoisotopic (exact) mass is 368 g/mol. The van der Waals surface area contributed by atoms with Gasteiger partial charge in [0.15, 0.2) is 5.96 Å². The number of hydrogen-bond acceptors (Lipinski definition) is 2. The summed E-state index contributed by atoms with van der Waals surface area (Å²) >= 11 is 11.6. The zero-order valence-electron chi connectivity index (χ0n) is 13.3. The maximum atomic E-state index is 13.2. The average molecular weight is 369 g/mol. The Kier molecular flexibility index (Phi) is 7.28. The summed E-state index contributed by atoms with van der Waals surface area (Å²) in [6.07, 6.45) is 2.56. The third kappa shape index (κ3) is 5.98. The fraction of sp³-hybridized carbons (Fsp3) is 0.294. The first-order valence-corrected chi connectivity index (χ1v) is 8.40. The zero-order valence-corrected chi connectivity index (χ0v) is 14.8. The van der Waals surface area contributed by atoms with Crippen LogP contribution < -0.4 is 10.6 Å². The molecular formula is C17H19Cl2FN4. The molecule has 1 aromatic carbocycles. The van der Waals surface area contributed by atoms with Crippen LogP contribution in [-0.2, 0) is 13.0 Å². The average Bonchev–Trinajstić information content (AvgIpc) is 2.57. The number of hydrogen-bond donors (Lipinski definition) is 2. The van der Waals surface area contributed by atoms with Crippen LogP contribution in [0.15, 0.2) is 41.5 Å².